The minimum Gasteiger partial charge on any atom is -0.411 e. The fourth-order valence-electron chi connectivity index (χ4n) is 1.82. The second-order valence-electron chi connectivity index (χ2n) is 4.61. The molecule has 110 valence electrons. The first-order valence-corrected chi connectivity index (χ1v) is 7.70. The second kappa shape index (κ2) is 6.34. The first-order valence-electron chi connectivity index (χ1n) is 6.51. The minimum atomic E-state index is -0.232. The highest BCUT2D eigenvalue weighted by molar-refractivity contribution is 8.14. The average molecular weight is 331 g/mol. The molecule has 0 aliphatic rings. The maximum atomic E-state index is 12.2. The first kappa shape index (κ1) is 14.8. The molecule has 3 rings (SSSR count). The number of carbonyl (C=O) groups excluding carboxylic acids is 1. The van der Waals surface area contributed by atoms with Crippen LogP contribution < -0.4 is 0 Å². The number of hydrogen-bond acceptors (Lipinski definition) is 5. The molecular weight excluding hydrogens is 320 g/mol. The quantitative estimate of drug-likeness (QED) is 0.655. The van der Waals surface area contributed by atoms with E-state index in [-0.39, 0.29) is 10.3 Å². The maximum absolute atomic E-state index is 12.2. The lowest BCUT2D eigenvalue weighted by atomic mass is 10.1. The summed E-state index contributed by atoms with van der Waals surface area (Å²) < 4.78 is 5.52. The van der Waals surface area contributed by atoms with Crippen LogP contribution in [0.25, 0.3) is 11.5 Å². The van der Waals surface area contributed by atoms with Crippen LogP contribution in [0.2, 0.25) is 5.02 Å². The molecule has 0 unspecified atom stereocenters. The van der Waals surface area contributed by atoms with E-state index in [9.17, 15) is 4.79 Å². The average Bonchev–Trinajstić information content (AvgIpc) is 2.97. The van der Waals surface area contributed by atoms with Gasteiger partial charge in [-0.2, -0.15) is 0 Å². The van der Waals surface area contributed by atoms with Crippen molar-refractivity contribution in [2.45, 2.75) is 12.1 Å². The summed E-state index contributed by atoms with van der Waals surface area (Å²) >= 11 is 6.87. The molecule has 0 atom stereocenters. The third-order valence-electron chi connectivity index (χ3n) is 2.98. The van der Waals surface area contributed by atoms with Crippen LogP contribution >= 0.6 is 23.4 Å². The fraction of sp³-hybridized carbons (Fsp3) is 0.0625. The normalized spacial score (nSPS) is 10.6. The molecule has 3 aromatic rings. The Labute approximate surface area is 136 Å². The Kier molecular flexibility index (Phi) is 4.27. The number of hydrogen-bond donors (Lipinski definition) is 0. The van der Waals surface area contributed by atoms with E-state index in [4.69, 9.17) is 16.0 Å². The van der Waals surface area contributed by atoms with E-state index in [1.807, 2.05) is 31.2 Å². The molecule has 0 N–H and O–H groups in total. The Morgan fingerprint density at radius 2 is 1.82 bits per heavy atom. The second-order valence-corrected chi connectivity index (χ2v) is 5.94. The Morgan fingerprint density at radius 1 is 1.09 bits per heavy atom. The van der Waals surface area contributed by atoms with Crippen LogP contribution in [0.5, 0.6) is 0 Å². The summed E-state index contributed by atoms with van der Waals surface area (Å²) in [7, 11) is 0. The van der Waals surface area contributed by atoms with Crippen molar-refractivity contribution in [3.05, 3.63) is 64.7 Å². The van der Waals surface area contributed by atoms with Crippen LogP contribution in [-0.4, -0.2) is 15.3 Å². The van der Waals surface area contributed by atoms with Crippen LogP contribution in [0.3, 0.4) is 0 Å². The molecule has 0 bridgehead atoms. The van der Waals surface area contributed by atoms with E-state index < -0.39 is 0 Å². The molecule has 1 heterocycles. The van der Waals surface area contributed by atoms with E-state index in [1.165, 1.54) is 0 Å². The van der Waals surface area contributed by atoms with Gasteiger partial charge in [0.25, 0.3) is 5.22 Å². The molecule has 0 saturated carbocycles. The third kappa shape index (κ3) is 3.21. The number of carbonyl (C=O) groups is 1. The monoisotopic (exact) mass is 330 g/mol. The number of rotatable bonds is 3. The highest BCUT2D eigenvalue weighted by Gasteiger charge is 2.16. The lowest BCUT2D eigenvalue weighted by molar-refractivity contribution is 0.108. The van der Waals surface area contributed by atoms with E-state index in [1.54, 1.807) is 24.3 Å². The molecule has 22 heavy (non-hydrogen) atoms. The molecule has 0 saturated heterocycles. The summed E-state index contributed by atoms with van der Waals surface area (Å²) in [6, 6.07) is 14.6. The van der Waals surface area contributed by atoms with Crippen LogP contribution in [0.15, 0.2) is 58.2 Å². The van der Waals surface area contributed by atoms with Gasteiger partial charge in [-0.1, -0.05) is 41.4 Å². The van der Waals surface area contributed by atoms with Gasteiger partial charge in [0, 0.05) is 22.9 Å². The zero-order valence-electron chi connectivity index (χ0n) is 11.6. The van der Waals surface area contributed by atoms with Gasteiger partial charge in [-0.15, -0.1) is 10.2 Å². The van der Waals surface area contributed by atoms with E-state index in [0.29, 0.717) is 16.5 Å². The van der Waals surface area contributed by atoms with Gasteiger partial charge >= 0.3 is 0 Å². The smallest absolute Gasteiger partial charge is 0.284 e. The van der Waals surface area contributed by atoms with E-state index in [2.05, 4.69) is 10.2 Å². The van der Waals surface area contributed by atoms with Crippen molar-refractivity contribution in [3.8, 4) is 11.5 Å². The number of aryl methyl sites for hydroxylation is 1. The van der Waals surface area contributed by atoms with Gasteiger partial charge in [-0.05, 0) is 31.2 Å². The van der Waals surface area contributed by atoms with Crippen molar-refractivity contribution < 1.29 is 9.21 Å². The maximum Gasteiger partial charge on any atom is 0.284 e. The van der Waals surface area contributed by atoms with Gasteiger partial charge in [0.05, 0.1) is 5.02 Å². The summed E-state index contributed by atoms with van der Waals surface area (Å²) in [5, 5.41) is 8.22. The summed E-state index contributed by atoms with van der Waals surface area (Å²) in [4.78, 5) is 12.2. The lowest BCUT2D eigenvalue weighted by Gasteiger charge is -1.99. The summed E-state index contributed by atoms with van der Waals surface area (Å²) in [5.41, 5.74) is 2.38. The Morgan fingerprint density at radius 3 is 2.55 bits per heavy atom. The van der Waals surface area contributed by atoms with Crippen molar-refractivity contribution in [3.63, 3.8) is 0 Å². The topological polar surface area (TPSA) is 56.0 Å². The van der Waals surface area contributed by atoms with Crippen molar-refractivity contribution in [2.24, 2.45) is 0 Å². The number of halogens is 1. The van der Waals surface area contributed by atoms with Gasteiger partial charge < -0.3 is 4.42 Å². The fourth-order valence-corrected chi connectivity index (χ4v) is 2.75. The van der Waals surface area contributed by atoms with Crippen LogP contribution in [0, 0.1) is 6.92 Å². The summed E-state index contributed by atoms with van der Waals surface area (Å²) in [6.07, 6.45) is 0. The molecule has 0 amide bonds. The molecule has 0 radical (unpaired) electrons. The highest BCUT2D eigenvalue weighted by Crippen LogP contribution is 2.28. The standard InChI is InChI=1S/C16H11ClN2O2S/c1-10-6-8-11(9-7-10)14-18-19-16(21-14)22-15(20)12-4-2-3-5-13(12)17/h2-9H,1H3. The number of nitrogens with zero attached hydrogens (tertiary/aromatic N) is 2. The Hall–Kier alpha value is -2.11. The van der Waals surface area contributed by atoms with Crippen molar-refractivity contribution in [1.29, 1.82) is 0 Å². The van der Waals surface area contributed by atoms with Crippen molar-refractivity contribution in [2.75, 3.05) is 0 Å². The zero-order valence-corrected chi connectivity index (χ0v) is 13.2. The number of aromatic nitrogens is 2. The predicted octanol–water partition coefficient (Wildman–Crippen LogP) is 4.63. The molecular formula is C16H11ClN2O2S. The lowest BCUT2D eigenvalue weighted by Crippen LogP contribution is -1.94. The highest BCUT2D eigenvalue weighted by atomic mass is 35.5. The third-order valence-corrected chi connectivity index (χ3v) is 4.05. The largest absolute Gasteiger partial charge is 0.411 e. The van der Waals surface area contributed by atoms with Gasteiger partial charge in [0.15, 0.2) is 0 Å². The molecule has 4 nitrogen and oxygen atoms in total. The SMILES string of the molecule is Cc1ccc(-c2nnc(SC(=O)c3ccccc3Cl)o2)cc1. The van der Waals surface area contributed by atoms with Crippen molar-refractivity contribution >= 4 is 28.5 Å². The molecule has 0 spiro atoms. The number of benzene rings is 2. The molecule has 6 heteroatoms. The van der Waals surface area contributed by atoms with Gasteiger partial charge in [0.2, 0.25) is 11.0 Å². The van der Waals surface area contributed by atoms with Crippen molar-refractivity contribution in [1.82, 2.24) is 10.2 Å². The molecule has 0 fully saturated rings. The predicted molar refractivity (Wildman–Crippen MR) is 86.1 cm³/mol. The zero-order chi connectivity index (χ0) is 15.5. The Balaban J connectivity index is 1.78. The number of thioether (sulfide) groups is 1. The van der Waals surface area contributed by atoms with Gasteiger partial charge in [0.1, 0.15) is 0 Å². The van der Waals surface area contributed by atoms with Crippen LogP contribution in [-0.2, 0) is 0 Å². The van der Waals surface area contributed by atoms with Crippen LogP contribution in [0.4, 0.5) is 0 Å². The van der Waals surface area contributed by atoms with Crippen LogP contribution in [0.1, 0.15) is 15.9 Å². The summed E-state index contributed by atoms with van der Waals surface area (Å²) in [5.74, 6) is 0.384. The summed E-state index contributed by atoms with van der Waals surface area (Å²) in [6.45, 7) is 2.00. The van der Waals surface area contributed by atoms with Gasteiger partial charge in [-0.25, -0.2) is 0 Å². The van der Waals surface area contributed by atoms with Gasteiger partial charge in [-0.3, -0.25) is 4.79 Å². The molecule has 0 aliphatic carbocycles. The van der Waals surface area contributed by atoms with E-state index >= 15 is 0 Å². The molecule has 1 aromatic heterocycles. The first-order chi connectivity index (χ1) is 10.6. The van der Waals surface area contributed by atoms with E-state index in [0.717, 1.165) is 22.9 Å². The molecule has 0 aliphatic heterocycles. The molecule has 2 aromatic carbocycles. The Bertz CT molecular complexity index is 815. The minimum absolute atomic E-state index is 0.195.